The topological polar surface area (TPSA) is 61.7 Å². The molecule has 0 unspecified atom stereocenters. The number of rotatable bonds is 5. The van der Waals surface area contributed by atoms with Gasteiger partial charge in [0.1, 0.15) is 5.71 Å². The van der Waals surface area contributed by atoms with E-state index >= 15 is 0 Å². The third kappa shape index (κ3) is 5.70. The molecule has 0 radical (unpaired) electrons. The van der Waals surface area contributed by atoms with E-state index in [1.807, 2.05) is 0 Å². The summed E-state index contributed by atoms with van der Waals surface area (Å²) in [5.74, 6) is -0.370. The average molecular weight is 172 g/mol. The van der Waals surface area contributed by atoms with E-state index in [9.17, 15) is 4.79 Å². The molecule has 0 heterocycles. The van der Waals surface area contributed by atoms with Crippen LogP contribution in [-0.2, 0) is 4.79 Å². The van der Waals surface area contributed by atoms with Crippen molar-refractivity contribution < 1.29 is 9.90 Å². The van der Waals surface area contributed by atoms with E-state index in [0.717, 1.165) is 13.0 Å². The summed E-state index contributed by atoms with van der Waals surface area (Å²) in [7, 11) is 0. The van der Waals surface area contributed by atoms with Gasteiger partial charge in [-0.05, 0) is 19.3 Å². The lowest BCUT2D eigenvalue weighted by Gasteiger charge is -2.03. The smallest absolute Gasteiger partial charge is 0.351 e. The third-order valence-electron chi connectivity index (χ3n) is 1.39. The fraction of sp³-hybridized carbons (Fsp3) is 0.750. The van der Waals surface area contributed by atoms with Gasteiger partial charge in [0.2, 0.25) is 0 Å². The van der Waals surface area contributed by atoms with Crippen molar-refractivity contribution in [2.24, 2.45) is 11.0 Å². The summed E-state index contributed by atoms with van der Waals surface area (Å²) < 4.78 is 0. The van der Waals surface area contributed by atoms with E-state index in [0.29, 0.717) is 5.92 Å². The molecular formula is C8H16N2O2. The first-order valence-corrected chi connectivity index (χ1v) is 4.04. The molecule has 0 aromatic rings. The molecule has 0 rings (SSSR count). The lowest BCUT2D eigenvalue weighted by molar-refractivity contribution is -0.129. The molecule has 2 N–H and O–H groups in total. The number of hydrogen-bond donors (Lipinski definition) is 2. The van der Waals surface area contributed by atoms with Crippen LogP contribution in [0.2, 0.25) is 0 Å². The van der Waals surface area contributed by atoms with Gasteiger partial charge in [0.15, 0.2) is 0 Å². The maximum Gasteiger partial charge on any atom is 0.351 e. The summed E-state index contributed by atoms with van der Waals surface area (Å²) >= 11 is 0. The van der Waals surface area contributed by atoms with Crippen LogP contribution in [0, 0.1) is 5.92 Å². The second-order valence-electron chi connectivity index (χ2n) is 3.09. The molecular weight excluding hydrogens is 156 g/mol. The SMILES string of the molecule is C/C(=N\NCCC(C)C)C(=O)O. The van der Waals surface area contributed by atoms with Gasteiger partial charge in [-0.1, -0.05) is 13.8 Å². The zero-order valence-electron chi connectivity index (χ0n) is 7.79. The zero-order valence-corrected chi connectivity index (χ0v) is 7.79. The minimum absolute atomic E-state index is 0.0961. The Bertz CT molecular complexity index is 176. The molecule has 0 aliphatic rings. The van der Waals surface area contributed by atoms with Crippen molar-refractivity contribution in [3.63, 3.8) is 0 Å². The van der Waals surface area contributed by atoms with Crippen molar-refractivity contribution in [2.45, 2.75) is 27.2 Å². The molecule has 0 aliphatic heterocycles. The van der Waals surface area contributed by atoms with Gasteiger partial charge >= 0.3 is 5.97 Å². The van der Waals surface area contributed by atoms with Crippen molar-refractivity contribution in [3.05, 3.63) is 0 Å². The lowest BCUT2D eigenvalue weighted by atomic mass is 10.1. The van der Waals surface area contributed by atoms with E-state index in [1.54, 1.807) is 0 Å². The minimum Gasteiger partial charge on any atom is -0.477 e. The van der Waals surface area contributed by atoms with Crippen molar-refractivity contribution >= 4 is 11.7 Å². The zero-order chi connectivity index (χ0) is 9.56. The van der Waals surface area contributed by atoms with Crippen LogP contribution >= 0.6 is 0 Å². The largest absolute Gasteiger partial charge is 0.477 e. The van der Waals surface area contributed by atoms with Crippen LogP contribution in [0.1, 0.15) is 27.2 Å². The number of nitrogens with one attached hydrogen (secondary N) is 1. The van der Waals surface area contributed by atoms with Gasteiger partial charge in [-0.25, -0.2) is 4.79 Å². The first kappa shape index (κ1) is 10.9. The number of carboxylic acid groups (broad SMARTS) is 1. The normalized spacial score (nSPS) is 11.8. The van der Waals surface area contributed by atoms with Gasteiger partial charge in [-0.15, -0.1) is 0 Å². The molecule has 70 valence electrons. The van der Waals surface area contributed by atoms with Crippen LogP contribution in [0.15, 0.2) is 5.10 Å². The Kier molecular flexibility index (Phi) is 5.08. The van der Waals surface area contributed by atoms with Gasteiger partial charge in [-0.2, -0.15) is 5.10 Å². The van der Waals surface area contributed by atoms with Gasteiger partial charge < -0.3 is 10.5 Å². The highest BCUT2D eigenvalue weighted by atomic mass is 16.4. The Labute approximate surface area is 72.7 Å². The molecule has 0 saturated heterocycles. The molecule has 0 spiro atoms. The Morgan fingerprint density at radius 3 is 2.58 bits per heavy atom. The molecule has 0 aromatic carbocycles. The van der Waals surface area contributed by atoms with Crippen LogP contribution in [-0.4, -0.2) is 23.3 Å². The monoisotopic (exact) mass is 172 g/mol. The van der Waals surface area contributed by atoms with Crippen molar-refractivity contribution in [1.82, 2.24) is 5.43 Å². The summed E-state index contributed by atoms with van der Waals surface area (Å²) in [6.45, 7) is 6.40. The number of carboxylic acids is 1. The van der Waals surface area contributed by atoms with Crippen molar-refractivity contribution in [3.8, 4) is 0 Å². The first-order valence-electron chi connectivity index (χ1n) is 4.04. The highest BCUT2D eigenvalue weighted by molar-refractivity contribution is 6.34. The molecule has 0 fully saturated rings. The maximum atomic E-state index is 10.3. The molecule has 0 bridgehead atoms. The quantitative estimate of drug-likeness (QED) is 0.370. The van der Waals surface area contributed by atoms with Crippen LogP contribution in [0.25, 0.3) is 0 Å². The molecule has 0 aliphatic carbocycles. The van der Waals surface area contributed by atoms with Crippen LogP contribution in [0.3, 0.4) is 0 Å². The highest BCUT2D eigenvalue weighted by Gasteiger charge is 1.99. The summed E-state index contributed by atoms with van der Waals surface area (Å²) in [4.78, 5) is 10.3. The minimum atomic E-state index is -0.980. The fourth-order valence-electron chi connectivity index (χ4n) is 0.576. The fourth-order valence-corrected chi connectivity index (χ4v) is 0.576. The Morgan fingerprint density at radius 2 is 2.17 bits per heavy atom. The van der Waals surface area contributed by atoms with Crippen LogP contribution in [0.5, 0.6) is 0 Å². The summed E-state index contributed by atoms with van der Waals surface area (Å²) in [5.41, 5.74) is 2.80. The number of carbonyl (C=O) groups is 1. The second-order valence-corrected chi connectivity index (χ2v) is 3.09. The average Bonchev–Trinajstić information content (AvgIpc) is 1.97. The van der Waals surface area contributed by atoms with Crippen molar-refractivity contribution in [1.29, 1.82) is 0 Å². The molecule has 0 saturated carbocycles. The Hall–Kier alpha value is -1.06. The number of nitrogens with zero attached hydrogens (tertiary/aromatic N) is 1. The molecule has 0 aromatic heterocycles. The highest BCUT2D eigenvalue weighted by Crippen LogP contribution is 1.95. The number of aliphatic carboxylic acids is 1. The molecule has 4 nitrogen and oxygen atoms in total. The summed E-state index contributed by atoms with van der Waals surface area (Å²) in [6, 6.07) is 0. The molecule has 4 heteroatoms. The molecule has 12 heavy (non-hydrogen) atoms. The van der Waals surface area contributed by atoms with Crippen LogP contribution < -0.4 is 5.43 Å². The Balaban J connectivity index is 3.54. The van der Waals surface area contributed by atoms with E-state index in [-0.39, 0.29) is 5.71 Å². The predicted molar refractivity (Wildman–Crippen MR) is 48.2 cm³/mol. The van der Waals surface area contributed by atoms with Gasteiger partial charge in [0.05, 0.1) is 0 Å². The van der Waals surface area contributed by atoms with E-state index < -0.39 is 5.97 Å². The van der Waals surface area contributed by atoms with Gasteiger partial charge in [0.25, 0.3) is 0 Å². The summed E-state index contributed by atoms with van der Waals surface area (Å²) in [5, 5.41) is 12.1. The predicted octanol–water partition coefficient (Wildman–Crippen LogP) is 1.08. The lowest BCUT2D eigenvalue weighted by Crippen LogP contribution is -2.16. The number of hydrazone groups is 1. The van der Waals surface area contributed by atoms with Crippen molar-refractivity contribution in [2.75, 3.05) is 6.54 Å². The molecule has 0 atom stereocenters. The first-order chi connectivity index (χ1) is 5.54. The maximum absolute atomic E-state index is 10.3. The van der Waals surface area contributed by atoms with E-state index in [2.05, 4.69) is 24.4 Å². The summed E-state index contributed by atoms with van der Waals surface area (Å²) in [6.07, 6.45) is 0.996. The second kappa shape index (κ2) is 5.57. The Morgan fingerprint density at radius 1 is 1.58 bits per heavy atom. The van der Waals surface area contributed by atoms with E-state index in [1.165, 1.54) is 6.92 Å². The molecule has 0 amide bonds. The van der Waals surface area contributed by atoms with Gasteiger partial charge in [-0.3, -0.25) is 0 Å². The van der Waals surface area contributed by atoms with Gasteiger partial charge in [0, 0.05) is 6.54 Å². The third-order valence-corrected chi connectivity index (χ3v) is 1.39. The number of hydrogen-bond acceptors (Lipinski definition) is 3. The standard InChI is InChI=1S/C8H16N2O2/c1-6(2)4-5-9-10-7(3)8(11)12/h6,9H,4-5H2,1-3H3,(H,11,12)/b10-7+. The van der Waals surface area contributed by atoms with Crippen LogP contribution in [0.4, 0.5) is 0 Å². The van der Waals surface area contributed by atoms with E-state index in [4.69, 9.17) is 5.11 Å².